The van der Waals surface area contributed by atoms with E-state index in [2.05, 4.69) is 12.2 Å². The van der Waals surface area contributed by atoms with Crippen LogP contribution in [0.4, 0.5) is 4.79 Å². The van der Waals surface area contributed by atoms with Gasteiger partial charge >= 0.3 is 6.09 Å². The van der Waals surface area contributed by atoms with E-state index in [9.17, 15) is 4.79 Å². The molecule has 0 aromatic carbocycles. The van der Waals surface area contributed by atoms with Crippen molar-refractivity contribution in [1.29, 1.82) is 0 Å². The maximum Gasteiger partial charge on any atom is 0.407 e. The topological polar surface area (TPSA) is 58.6 Å². The van der Waals surface area contributed by atoms with Crippen molar-refractivity contribution >= 4 is 64.9 Å². The van der Waals surface area contributed by atoms with E-state index in [4.69, 9.17) is 9.84 Å². The Morgan fingerprint density at radius 2 is 1.75 bits per heavy atom. The minimum atomic E-state index is -0.360. The summed E-state index contributed by atoms with van der Waals surface area (Å²) in [5.41, 5.74) is 0. The van der Waals surface area contributed by atoms with Crippen molar-refractivity contribution in [2.45, 2.75) is 6.92 Å². The molecule has 0 aliphatic heterocycles. The Morgan fingerprint density at radius 1 is 1.05 bits per heavy atom. The van der Waals surface area contributed by atoms with Crippen LogP contribution in [0.5, 0.6) is 0 Å². The summed E-state index contributed by atoms with van der Waals surface area (Å²) in [4.78, 5) is 11.3. The lowest BCUT2D eigenvalue weighted by Crippen LogP contribution is -2.24. The van der Waals surface area contributed by atoms with Crippen LogP contribution in [-0.4, -0.2) is 62.8 Å². The van der Waals surface area contributed by atoms with Crippen molar-refractivity contribution in [3.05, 3.63) is 0 Å². The van der Waals surface area contributed by atoms with Crippen LogP contribution in [0, 0.1) is 0 Å². The molecule has 0 rings (SSSR count). The normalized spacial score (nSPS) is 10.5. The number of amides is 1. The molecule has 0 heterocycles. The zero-order valence-corrected chi connectivity index (χ0v) is 15.8. The first kappa shape index (κ1) is 21.0. The number of rotatable bonds is 14. The van der Waals surface area contributed by atoms with Gasteiger partial charge in [0.2, 0.25) is 0 Å². The maximum atomic E-state index is 11.3. The minimum absolute atomic E-state index is 0.167. The van der Waals surface area contributed by atoms with E-state index >= 15 is 0 Å². The number of carbonyl (C=O) groups is 1. The third-order valence-corrected chi connectivity index (χ3v) is 7.40. The fraction of sp³-hybridized carbons (Fsp3) is 0.909. The molecule has 0 unspecified atom stereocenters. The first-order chi connectivity index (χ1) is 9.81. The molecule has 20 heavy (non-hydrogen) atoms. The lowest BCUT2D eigenvalue weighted by molar-refractivity contribution is 0.155. The quantitative estimate of drug-likeness (QED) is 0.353. The highest BCUT2D eigenvalue weighted by Crippen LogP contribution is 2.20. The Morgan fingerprint density at radius 3 is 2.45 bits per heavy atom. The molecule has 0 spiro atoms. The molecule has 9 heteroatoms. The summed E-state index contributed by atoms with van der Waals surface area (Å²) in [5.74, 6) is 3.18. The Kier molecular flexibility index (Phi) is 18.9. The van der Waals surface area contributed by atoms with E-state index in [-0.39, 0.29) is 12.7 Å². The molecule has 1 amide bonds. The molecule has 4 nitrogen and oxygen atoms in total. The molecule has 0 atom stereocenters. The van der Waals surface area contributed by atoms with Gasteiger partial charge in [0.15, 0.2) is 0 Å². The van der Waals surface area contributed by atoms with Crippen molar-refractivity contribution in [3.63, 3.8) is 0 Å². The number of hydrogen-bond donors (Lipinski definition) is 2. The van der Waals surface area contributed by atoms with Crippen molar-refractivity contribution in [1.82, 2.24) is 5.32 Å². The monoisotopic (exact) mass is 377 g/mol. The molecule has 0 aromatic rings. The summed E-state index contributed by atoms with van der Waals surface area (Å²) in [6.07, 6.45) is -0.360. The first-order valence-electron chi connectivity index (χ1n) is 6.21. The van der Waals surface area contributed by atoms with Gasteiger partial charge in [0.25, 0.3) is 0 Å². The fourth-order valence-electron chi connectivity index (χ4n) is 0.891. The molecule has 120 valence electrons. The Bertz CT molecular complexity index is 224. The largest absolute Gasteiger partial charge is 0.449 e. The fourth-order valence-corrected chi connectivity index (χ4v) is 5.83. The molecule has 0 aromatic heterocycles. The molecule has 0 fully saturated rings. The highest BCUT2D eigenvalue weighted by molar-refractivity contribution is 8.26. The van der Waals surface area contributed by atoms with E-state index < -0.39 is 0 Å². The molecule has 0 bridgehead atoms. The number of nitrogens with one attached hydrogen (secondary N) is 1. The molecule has 0 saturated heterocycles. The molecule has 0 aliphatic carbocycles. The summed E-state index contributed by atoms with van der Waals surface area (Å²) in [5, 5.41) is 14.5. The maximum absolute atomic E-state index is 11.3. The SMILES string of the molecule is CCSCSCSCSCNC(=O)OCCSCCO. The summed E-state index contributed by atoms with van der Waals surface area (Å²) < 4.78 is 4.98. The Balaban J connectivity index is 3.11. The average Bonchev–Trinajstić information content (AvgIpc) is 2.45. The van der Waals surface area contributed by atoms with E-state index in [1.807, 2.05) is 35.3 Å². The molecule has 0 aliphatic rings. The van der Waals surface area contributed by atoms with Gasteiger partial charge in [0, 0.05) is 26.8 Å². The second kappa shape index (κ2) is 18.0. The predicted molar refractivity (Wildman–Crippen MR) is 99.3 cm³/mol. The predicted octanol–water partition coefficient (Wildman–Crippen LogP) is 3.22. The van der Waals surface area contributed by atoms with Crippen molar-refractivity contribution in [3.8, 4) is 0 Å². The van der Waals surface area contributed by atoms with Crippen LogP contribution in [0.3, 0.4) is 0 Å². The molecular formula is C11H23NO3S5. The summed E-state index contributed by atoms with van der Waals surface area (Å²) in [6, 6.07) is 0. The van der Waals surface area contributed by atoms with Gasteiger partial charge in [0.1, 0.15) is 6.61 Å². The second-order valence-electron chi connectivity index (χ2n) is 3.25. The first-order valence-corrected chi connectivity index (χ1v) is 12.0. The summed E-state index contributed by atoms with van der Waals surface area (Å²) in [6.45, 7) is 2.73. The van der Waals surface area contributed by atoms with E-state index in [0.29, 0.717) is 18.2 Å². The van der Waals surface area contributed by atoms with E-state index in [0.717, 1.165) is 21.0 Å². The molecule has 0 saturated carbocycles. The number of alkyl carbamates (subject to hydrolysis) is 1. The van der Waals surface area contributed by atoms with Crippen LogP contribution in [0.1, 0.15) is 6.92 Å². The van der Waals surface area contributed by atoms with Crippen molar-refractivity contribution in [2.24, 2.45) is 0 Å². The number of carbonyl (C=O) groups excluding carboxylic acids is 1. The zero-order valence-electron chi connectivity index (χ0n) is 11.7. The third kappa shape index (κ3) is 17.0. The third-order valence-electron chi connectivity index (χ3n) is 1.72. The van der Waals surface area contributed by atoms with Gasteiger partial charge in [-0.3, -0.25) is 0 Å². The second-order valence-corrected chi connectivity index (χ2v) is 9.80. The summed E-state index contributed by atoms with van der Waals surface area (Å²) >= 11 is 9.02. The van der Waals surface area contributed by atoms with E-state index in [1.54, 1.807) is 23.5 Å². The van der Waals surface area contributed by atoms with Crippen LogP contribution in [-0.2, 0) is 4.74 Å². The van der Waals surface area contributed by atoms with Gasteiger partial charge in [-0.2, -0.15) is 23.5 Å². The van der Waals surface area contributed by atoms with Crippen LogP contribution in [0.15, 0.2) is 0 Å². The van der Waals surface area contributed by atoms with Crippen molar-refractivity contribution in [2.75, 3.05) is 51.6 Å². The van der Waals surface area contributed by atoms with Gasteiger partial charge in [-0.15, -0.1) is 35.3 Å². The van der Waals surface area contributed by atoms with Crippen LogP contribution < -0.4 is 5.32 Å². The Hall–Kier alpha value is 0.980. The van der Waals surface area contributed by atoms with Crippen LogP contribution in [0.25, 0.3) is 0 Å². The standard InChI is InChI=1S/C11H23NO3S5/c1-2-16-8-19-10-20-9-18-7-12-11(14)15-4-6-17-5-3-13/h13H,2-10H2,1H3,(H,12,14). The van der Waals surface area contributed by atoms with E-state index in [1.165, 1.54) is 5.75 Å². The lowest BCUT2D eigenvalue weighted by atomic mass is 10.8. The van der Waals surface area contributed by atoms with Gasteiger partial charge in [-0.05, 0) is 5.75 Å². The highest BCUT2D eigenvalue weighted by Gasteiger charge is 2.00. The number of aliphatic hydroxyl groups excluding tert-OH is 1. The van der Waals surface area contributed by atoms with Crippen molar-refractivity contribution < 1.29 is 14.6 Å². The van der Waals surface area contributed by atoms with Gasteiger partial charge in [-0.25, -0.2) is 4.79 Å². The number of thioether (sulfide) groups is 5. The molecule has 0 radical (unpaired) electrons. The van der Waals surface area contributed by atoms with Gasteiger partial charge in [0.05, 0.1) is 12.5 Å². The summed E-state index contributed by atoms with van der Waals surface area (Å²) in [7, 11) is 0. The molecule has 2 N–H and O–H groups in total. The highest BCUT2D eigenvalue weighted by atomic mass is 32.2. The number of aliphatic hydroxyl groups is 1. The van der Waals surface area contributed by atoms with Crippen LogP contribution in [0.2, 0.25) is 0 Å². The Labute approximate surface area is 143 Å². The smallest absolute Gasteiger partial charge is 0.407 e. The van der Waals surface area contributed by atoms with Gasteiger partial charge < -0.3 is 15.2 Å². The number of ether oxygens (including phenoxy) is 1. The average molecular weight is 378 g/mol. The lowest BCUT2D eigenvalue weighted by Gasteiger charge is -2.06. The molecular weight excluding hydrogens is 354 g/mol. The number of hydrogen-bond acceptors (Lipinski definition) is 8. The minimum Gasteiger partial charge on any atom is -0.449 e. The zero-order chi connectivity index (χ0) is 14.9. The van der Waals surface area contributed by atoms with Crippen LogP contribution >= 0.6 is 58.8 Å². The van der Waals surface area contributed by atoms with Gasteiger partial charge in [-0.1, -0.05) is 6.92 Å².